The summed E-state index contributed by atoms with van der Waals surface area (Å²) in [5.74, 6) is -0.0224. The van der Waals surface area contributed by atoms with Crippen molar-refractivity contribution in [1.82, 2.24) is 19.9 Å². The molecule has 2 heterocycles. The van der Waals surface area contributed by atoms with E-state index in [2.05, 4.69) is 51.8 Å². The minimum Gasteiger partial charge on any atom is -0.473 e. The number of nitrogens with zero attached hydrogens (tertiary/aromatic N) is 4. The molecule has 0 saturated carbocycles. The highest BCUT2D eigenvalue weighted by Gasteiger charge is 2.18. The zero-order valence-electron chi connectivity index (χ0n) is 14.5. The van der Waals surface area contributed by atoms with Gasteiger partial charge < -0.3 is 9.47 Å². The molecule has 10 nitrogen and oxygen atoms in total. The summed E-state index contributed by atoms with van der Waals surface area (Å²) in [5, 5.41) is 0. The molecule has 2 aromatic heterocycles. The van der Waals surface area contributed by atoms with Crippen LogP contribution in [0, 0.1) is 0 Å². The van der Waals surface area contributed by atoms with Crippen LogP contribution in [0.3, 0.4) is 0 Å². The molecule has 0 fully saturated rings. The van der Waals surface area contributed by atoms with E-state index in [9.17, 15) is 8.42 Å². The molecule has 2 N–H and O–H groups in total. The molecule has 0 spiro atoms. The van der Waals surface area contributed by atoms with Gasteiger partial charge in [0, 0.05) is 16.9 Å². The highest BCUT2D eigenvalue weighted by Crippen LogP contribution is 2.34. The zero-order chi connectivity index (χ0) is 20.9. The summed E-state index contributed by atoms with van der Waals surface area (Å²) >= 11 is 6.57. The SMILES string of the molecule is O=S(=O)(O)Nc1ncnc(OCCOc2ncc(Br)cn2)c1-c1ccc(Br)cc1. The van der Waals surface area contributed by atoms with Crippen LogP contribution in [0.2, 0.25) is 0 Å². The molecule has 3 aromatic rings. The van der Waals surface area contributed by atoms with E-state index in [0.29, 0.717) is 5.56 Å². The van der Waals surface area contributed by atoms with E-state index in [-0.39, 0.29) is 36.5 Å². The van der Waals surface area contributed by atoms with Crippen molar-refractivity contribution in [2.24, 2.45) is 0 Å². The molecule has 0 aliphatic carbocycles. The van der Waals surface area contributed by atoms with Crippen LogP contribution in [0.25, 0.3) is 11.1 Å². The first kappa shape index (κ1) is 21.4. The average Bonchev–Trinajstić information content (AvgIpc) is 2.66. The summed E-state index contributed by atoms with van der Waals surface area (Å²) in [6, 6.07) is 7.14. The lowest BCUT2D eigenvalue weighted by molar-refractivity contribution is 0.202. The maximum absolute atomic E-state index is 11.3. The summed E-state index contributed by atoms with van der Waals surface area (Å²) in [6.07, 6.45) is 4.21. The van der Waals surface area contributed by atoms with Crippen molar-refractivity contribution in [3.05, 3.63) is 51.9 Å². The van der Waals surface area contributed by atoms with Gasteiger partial charge in [0.2, 0.25) is 5.88 Å². The summed E-state index contributed by atoms with van der Waals surface area (Å²) in [6.45, 7) is 0.192. The fourth-order valence-corrected chi connectivity index (χ4v) is 3.07. The lowest BCUT2D eigenvalue weighted by Crippen LogP contribution is -2.15. The molecule has 13 heteroatoms. The molecule has 0 unspecified atom stereocenters. The third kappa shape index (κ3) is 6.32. The van der Waals surface area contributed by atoms with Crippen LogP contribution >= 0.6 is 31.9 Å². The Balaban J connectivity index is 1.80. The molecule has 0 amide bonds. The number of ether oxygens (including phenoxy) is 2. The lowest BCUT2D eigenvalue weighted by atomic mass is 10.1. The predicted molar refractivity (Wildman–Crippen MR) is 111 cm³/mol. The molecule has 0 saturated heterocycles. The van der Waals surface area contributed by atoms with Crippen molar-refractivity contribution in [1.29, 1.82) is 0 Å². The normalized spacial score (nSPS) is 11.1. The van der Waals surface area contributed by atoms with Gasteiger partial charge in [0.15, 0.2) is 5.82 Å². The van der Waals surface area contributed by atoms with E-state index >= 15 is 0 Å². The van der Waals surface area contributed by atoms with E-state index in [0.717, 1.165) is 15.3 Å². The molecule has 3 rings (SSSR count). The van der Waals surface area contributed by atoms with Gasteiger partial charge in [-0.15, -0.1) is 0 Å². The topological polar surface area (TPSA) is 136 Å². The maximum atomic E-state index is 11.3. The minimum atomic E-state index is -4.55. The summed E-state index contributed by atoms with van der Waals surface area (Å²) in [7, 11) is -4.55. The molecule has 0 radical (unpaired) electrons. The first-order valence-electron chi connectivity index (χ1n) is 7.91. The van der Waals surface area contributed by atoms with Gasteiger partial charge in [0.05, 0.1) is 10.0 Å². The number of anilines is 1. The molecule has 152 valence electrons. The van der Waals surface area contributed by atoms with Gasteiger partial charge in [-0.3, -0.25) is 4.55 Å². The van der Waals surface area contributed by atoms with Gasteiger partial charge in [-0.05, 0) is 33.6 Å². The van der Waals surface area contributed by atoms with Gasteiger partial charge in [-0.1, -0.05) is 28.1 Å². The Morgan fingerprint density at radius 3 is 2.24 bits per heavy atom. The van der Waals surface area contributed by atoms with Gasteiger partial charge in [-0.25, -0.2) is 24.7 Å². The quantitative estimate of drug-likeness (QED) is 0.322. The van der Waals surface area contributed by atoms with Gasteiger partial charge in [0.25, 0.3) is 0 Å². The van der Waals surface area contributed by atoms with E-state index in [1.807, 2.05) is 4.72 Å². The highest BCUT2D eigenvalue weighted by molar-refractivity contribution is 9.10. The second-order valence-corrected chi connectivity index (χ2v) is 8.35. The van der Waals surface area contributed by atoms with Crippen LogP contribution in [0.1, 0.15) is 0 Å². The standard InChI is InChI=1S/C16H13Br2N5O5S/c17-11-3-1-10(2-4-11)13-14(23-29(24,25)26)21-9-22-15(13)27-5-6-28-16-19-7-12(18)8-20-16/h1-4,7-9H,5-6H2,(H,21,22,23)(H,24,25,26). The Hall–Kier alpha value is -2.35. The lowest BCUT2D eigenvalue weighted by Gasteiger charge is -2.14. The van der Waals surface area contributed by atoms with Crippen molar-refractivity contribution < 1.29 is 22.4 Å². The first-order chi connectivity index (χ1) is 13.8. The second kappa shape index (κ2) is 9.43. The van der Waals surface area contributed by atoms with Crippen LogP contribution in [0.4, 0.5) is 5.82 Å². The monoisotopic (exact) mass is 545 g/mol. The summed E-state index contributed by atoms with van der Waals surface area (Å²) < 4.78 is 46.3. The molecule has 0 atom stereocenters. The van der Waals surface area contributed by atoms with Gasteiger partial charge in [-0.2, -0.15) is 8.42 Å². The number of benzene rings is 1. The predicted octanol–water partition coefficient (Wildman–Crippen LogP) is 3.13. The van der Waals surface area contributed by atoms with E-state index in [1.165, 1.54) is 0 Å². The molecule has 0 bridgehead atoms. The number of hydrogen-bond donors (Lipinski definition) is 2. The molecular weight excluding hydrogens is 534 g/mol. The highest BCUT2D eigenvalue weighted by atomic mass is 79.9. The zero-order valence-corrected chi connectivity index (χ0v) is 18.5. The van der Waals surface area contributed by atoms with Crippen LogP contribution in [0.15, 0.2) is 51.9 Å². The van der Waals surface area contributed by atoms with Crippen molar-refractivity contribution in [2.75, 3.05) is 17.9 Å². The molecule has 29 heavy (non-hydrogen) atoms. The number of rotatable bonds is 8. The number of aromatic nitrogens is 4. The maximum Gasteiger partial charge on any atom is 0.358 e. The Kier molecular flexibility index (Phi) is 6.95. The summed E-state index contributed by atoms with van der Waals surface area (Å²) in [4.78, 5) is 15.9. The van der Waals surface area contributed by atoms with Crippen LogP contribution in [0.5, 0.6) is 11.9 Å². The number of halogens is 2. The third-order valence-corrected chi connectivity index (χ3v) is 4.71. The largest absolute Gasteiger partial charge is 0.473 e. The van der Waals surface area contributed by atoms with Gasteiger partial charge in [0.1, 0.15) is 19.5 Å². The van der Waals surface area contributed by atoms with Crippen LogP contribution < -0.4 is 14.2 Å². The van der Waals surface area contributed by atoms with E-state index in [1.54, 1.807) is 36.7 Å². The molecule has 0 aliphatic rings. The van der Waals surface area contributed by atoms with E-state index in [4.69, 9.17) is 14.0 Å². The molecule has 0 aliphatic heterocycles. The van der Waals surface area contributed by atoms with Crippen LogP contribution in [-0.4, -0.2) is 46.1 Å². The Labute approximate surface area is 182 Å². The van der Waals surface area contributed by atoms with Crippen LogP contribution in [-0.2, 0) is 10.3 Å². The fraction of sp³-hybridized carbons (Fsp3) is 0.125. The van der Waals surface area contributed by atoms with Gasteiger partial charge >= 0.3 is 16.3 Å². The average molecular weight is 547 g/mol. The fourth-order valence-electron chi connectivity index (χ4n) is 2.20. The second-order valence-electron chi connectivity index (χ2n) is 5.37. The molecule has 1 aromatic carbocycles. The Bertz CT molecular complexity index is 1080. The molecular formula is C16H13Br2N5O5S. The van der Waals surface area contributed by atoms with Crippen molar-refractivity contribution in [3.63, 3.8) is 0 Å². The minimum absolute atomic E-state index is 0.0747. The third-order valence-electron chi connectivity index (χ3n) is 3.32. The Morgan fingerprint density at radius 2 is 1.59 bits per heavy atom. The first-order valence-corrected chi connectivity index (χ1v) is 10.9. The number of hydrogen-bond acceptors (Lipinski definition) is 8. The van der Waals surface area contributed by atoms with Crippen molar-refractivity contribution >= 4 is 48.0 Å². The Morgan fingerprint density at radius 1 is 0.931 bits per heavy atom. The van der Waals surface area contributed by atoms with Crippen molar-refractivity contribution in [3.8, 4) is 23.0 Å². The van der Waals surface area contributed by atoms with Crippen molar-refractivity contribution in [2.45, 2.75) is 0 Å². The summed E-state index contributed by atoms with van der Waals surface area (Å²) in [5.41, 5.74) is 0.838. The number of nitrogens with one attached hydrogen (secondary N) is 1. The smallest absolute Gasteiger partial charge is 0.358 e. The van der Waals surface area contributed by atoms with E-state index < -0.39 is 10.3 Å².